The minimum atomic E-state index is -0.394. The van der Waals surface area contributed by atoms with Crippen molar-refractivity contribution in [2.24, 2.45) is 5.73 Å². The summed E-state index contributed by atoms with van der Waals surface area (Å²) < 4.78 is 14.0. The monoisotopic (exact) mass is 458 g/mol. The van der Waals surface area contributed by atoms with Gasteiger partial charge in [-0.05, 0) is 51.8 Å². The van der Waals surface area contributed by atoms with Gasteiger partial charge in [0, 0.05) is 34.4 Å². The van der Waals surface area contributed by atoms with Crippen LogP contribution < -0.4 is 11.1 Å². The maximum Gasteiger partial charge on any atom is 0.261 e. The highest BCUT2D eigenvalue weighted by atomic mass is 79.9. The molecule has 0 aliphatic rings. The molecular weight excluding hydrogens is 443 g/mol. The van der Waals surface area contributed by atoms with Crippen molar-refractivity contribution in [1.82, 2.24) is 15.3 Å². The molecule has 4 rings (SSSR count). The Morgan fingerprint density at radius 1 is 1.29 bits per heavy atom. The zero-order chi connectivity index (χ0) is 19.7. The Labute approximate surface area is 172 Å². The van der Waals surface area contributed by atoms with E-state index < -0.39 is 6.04 Å². The number of carbonyl (C=O) groups is 1. The minimum absolute atomic E-state index is 0.213. The van der Waals surface area contributed by atoms with Gasteiger partial charge in [0.25, 0.3) is 5.91 Å². The lowest BCUT2D eigenvalue weighted by molar-refractivity contribution is 0.0942. The molecule has 0 aliphatic carbocycles. The number of carbonyl (C=O) groups excluding carboxylic acids is 1. The number of nitrogens with two attached hydrogens (primary N) is 1. The molecule has 3 aromatic heterocycles. The molecule has 3 heterocycles. The van der Waals surface area contributed by atoms with Crippen molar-refractivity contribution in [3.8, 4) is 10.4 Å². The summed E-state index contributed by atoms with van der Waals surface area (Å²) in [7, 11) is 0. The zero-order valence-corrected chi connectivity index (χ0v) is 17.0. The topological polar surface area (TPSA) is 83.8 Å². The van der Waals surface area contributed by atoms with Gasteiger partial charge in [0.15, 0.2) is 0 Å². The minimum Gasteiger partial charge on any atom is -0.346 e. The number of H-pyrrole nitrogens is 1. The number of pyridine rings is 1. The summed E-state index contributed by atoms with van der Waals surface area (Å²) in [5.41, 5.74) is 8.37. The first-order valence-electron chi connectivity index (χ1n) is 8.55. The maximum atomic E-state index is 13.1. The first-order valence-corrected chi connectivity index (χ1v) is 10.2. The Bertz CT molecular complexity index is 1140. The van der Waals surface area contributed by atoms with E-state index >= 15 is 0 Å². The van der Waals surface area contributed by atoms with Gasteiger partial charge in [0.05, 0.1) is 15.8 Å². The molecular formula is C20H16BrFN4OS. The third-order valence-electron chi connectivity index (χ3n) is 4.43. The molecule has 0 fully saturated rings. The van der Waals surface area contributed by atoms with Gasteiger partial charge < -0.3 is 16.0 Å². The lowest BCUT2D eigenvalue weighted by atomic mass is 10.1. The van der Waals surface area contributed by atoms with Crippen LogP contribution in [0.25, 0.3) is 21.5 Å². The number of rotatable bonds is 5. The third kappa shape index (κ3) is 3.58. The Hall–Kier alpha value is -2.55. The Morgan fingerprint density at radius 3 is 2.82 bits per heavy atom. The van der Waals surface area contributed by atoms with E-state index in [0.717, 1.165) is 31.5 Å². The predicted molar refractivity (Wildman–Crippen MR) is 113 cm³/mol. The van der Waals surface area contributed by atoms with E-state index in [2.05, 4.69) is 31.2 Å². The number of nitrogens with one attached hydrogen (secondary N) is 2. The number of amides is 1. The maximum absolute atomic E-state index is 13.1. The van der Waals surface area contributed by atoms with Crippen LogP contribution in [0.4, 0.5) is 4.39 Å². The normalized spacial score (nSPS) is 12.2. The second kappa shape index (κ2) is 7.83. The molecule has 5 nitrogen and oxygen atoms in total. The smallest absolute Gasteiger partial charge is 0.261 e. The number of benzene rings is 1. The van der Waals surface area contributed by atoms with Crippen LogP contribution in [0.2, 0.25) is 0 Å². The number of thiophene rings is 1. The lowest BCUT2D eigenvalue weighted by Crippen LogP contribution is -2.32. The number of halogens is 2. The summed E-state index contributed by atoms with van der Waals surface area (Å²) in [5.74, 6) is -0.554. The summed E-state index contributed by atoms with van der Waals surface area (Å²) in [4.78, 5) is 21.7. The molecule has 1 amide bonds. The molecule has 1 atom stereocenters. The van der Waals surface area contributed by atoms with Crippen molar-refractivity contribution in [2.75, 3.05) is 6.54 Å². The van der Waals surface area contributed by atoms with Crippen molar-refractivity contribution in [2.45, 2.75) is 6.04 Å². The second-order valence-electron chi connectivity index (χ2n) is 6.20. The van der Waals surface area contributed by atoms with Gasteiger partial charge in [-0.15, -0.1) is 11.3 Å². The Kier molecular flexibility index (Phi) is 5.25. The molecule has 8 heteroatoms. The number of nitrogens with zero attached hydrogens (tertiary/aromatic N) is 1. The average Bonchev–Trinajstić information content (AvgIpc) is 3.33. The molecule has 28 heavy (non-hydrogen) atoms. The number of hydrogen-bond acceptors (Lipinski definition) is 4. The first-order chi connectivity index (χ1) is 13.6. The summed E-state index contributed by atoms with van der Waals surface area (Å²) in [6.45, 7) is 0.213. The molecule has 0 bridgehead atoms. The van der Waals surface area contributed by atoms with E-state index in [9.17, 15) is 9.18 Å². The van der Waals surface area contributed by atoms with Gasteiger partial charge in [-0.2, -0.15) is 0 Å². The first kappa shape index (κ1) is 18.8. The van der Waals surface area contributed by atoms with Crippen molar-refractivity contribution in [1.29, 1.82) is 0 Å². The fourth-order valence-corrected chi connectivity index (χ4v) is 4.86. The van der Waals surface area contributed by atoms with E-state index in [1.54, 1.807) is 24.4 Å². The molecule has 1 unspecified atom stereocenters. The largest absolute Gasteiger partial charge is 0.346 e. The van der Waals surface area contributed by atoms with Crippen molar-refractivity contribution >= 4 is 44.2 Å². The zero-order valence-electron chi connectivity index (χ0n) is 14.6. The summed E-state index contributed by atoms with van der Waals surface area (Å²) in [5, 5.41) is 3.92. The van der Waals surface area contributed by atoms with E-state index in [0.29, 0.717) is 4.88 Å². The highest BCUT2D eigenvalue weighted by Gasteiger charge is 2.19. The number of aromatic nitrogens is 2. The predicted octanol–water partition coefficient (Wildman–Crippen LogP) is 4.62. The fraction of sp³-hybridized carbons (Fsp3) is 0.100. The van der Waals surface area contributed by atoms with Crippen LogP contribution in [-0.2, 0) is 0 Å². The molecule has 0 spiro atoms. The average molecular weight is 459 g/mol. The van der Waals surface area contributed by atoms with Gasteiger partial charge >= 0.3 is 0 Å². The van der Waals surface area contributed by atoms with Gasteiger partial charge in [-0.1, -0.05) is 12.1 Å². The summed E-state index contributed by atoms with van der Waals surface area (Å²) in [6.07, 6.45) is 3.57. The number of hydrogen-bond donors (Lipinski definition) is 3. The van der Waals surface area contributed by atoms with Crippen LogP contribution in [0.3, 0.4) is 0 Å². The quantitative estimate of drug-likeness (QED) is 0.407. The lowest BCUT2D eigenvalue weighted by Gasteiger charge is -2.16. The van der Waals surface area contributed by atoms with Gasteiger partial charge in [0.2, 0.25) is 0 Å². The van der Waals surface area contributed by atoms with Crippen molar-refractivity contribution < 1.29 is 9.18 Å². The third-order valence-corrected chi connectivity index (χ3v) is 6.48. The van der Waals surface area contributed by atoms with Crippen molar-refractivity contribution in [3.63, 3.8) is 0 Å². The molecule has 4 aromatic rings. The molecule has 1 aromatic carbocycles. The standard InChI is InChI=1S/C20H16BrFN4OS/c21-15-9-17(20(27)26-16(10-23)11-1-3-12(22)4-2-11)28-18(15)13-5-7-24-19-14(13)6-8-25-19/h1-9,16H,10,23H2,(H,24,25)(H,26,27). The van der Waals surface area contributed by atoms with Crippen LogP contribution >= 0.6 is 27.3 Å². The molecule has 0 saturated carbocycles. The van der Waals surface area contributed by atoms with Gasteiger partial charge in [-0.25, -0.2) is 9.37 Å². The van der Waals surface area contributed by atoms with Crippen LogP contribution in [0.1, 0.15) is 21.3 Å². The Balaban J connectivity index is 1.61. The highest BCUT2D eigenvalue weighted by molar-refractivity contribution is 9.10. The van der Waals surface area contributed by atoms with Crippen LogP contribution in [-0.4, -0.2) is 22.4 Å². The van der Waals surface area contributed by atoms with Crippen LogP contribution in [0.15, 0.2) is 59.3 Å². The van der Waals surface area contributed by atoms with Gasteiger partial charge in [-0.3, -0.25) is 4.79 Å². The number of aromatic amines is 1. The van der Waals surface area contributed by atoms with Crippen molar-refractivity contribution in [3.05, 3.63) is 75.6 Å². The van der Waals surface area contributed by atoms with E-state index in [1.807, 2.05) is 18.3 Å². The SMILES string of the molecule is NCC(NC(=O)c1cc(Br)c(-c2ccnc3[nH]ccc23)s1)c1ccc(F)cc1. The van der Waals surface area contributed by atoms with Gasteiger partial charge in [0.1, 0.15) is 11.5 Å². The summed E-state index contributed by atoms with van der Waals surface area (Å²) in [6, 6.07) is 11.3. The van der Waals surface area contributed by atoms with E-state index in [-0.39, 0.29) is 18.3 Å². The van der Waals surface area contributed by atoms with Crippen LogP contribution in [0, 0.1) is 5.82 Å². The second-order valence-corrected chi connectivity index (χ2v) is 8.11. The number of fused-ring (bicyclic) bond motifs is 1. The van der Waals surface area contributed by atoms with Crippen LogP contribution in [0.5, 0.6) is 0 Å². The summed E-state index contributed by atoms with van der Waals surface area (Å²) >= 11 is 4.95. The molecule has 0 saturated heterocycles. The molecule has 4 N–H and O–H groups in total. The molecule has 142 valence electrons. The molecule has 0 aliphatic heterocycles. The Morgan fingerprint density at radius 2 is 2.07 bits per heavy atom. The van der Waals surface area contributed by atoms with E-state index in [1.165, 1.54) is 23.5 Å². The highest BCUT2D eigenvalue weighted by Crippen LogP contribution is 2.39. The molecule has 0 radical (unpaired) electrons. The van der Waals surface area contributed by atoms with E-state index in [4.69, 9.17) is 5.73 Å². The fourth-order valence-electron chi connectivity index (χ4n) is 3.03.